The van der Waals surface area contributed by atoms with Gasteiger partial charge >= 0.3 is 11.9 Å². The van der Waals surface area contributed by atoms with E-state index in [1.807, 2.05) is 0 Å². The predicted molar refractivity (Wildman–Crippen MR) is 33.7 cm³/mol. The number of hydrogen-bond acceptors (Lipinski definition) is 2. The molecule has 0 aliphatic rings. The molecule has 4 nitrogen and oxygen atoms in total. The summed E-state index contributed by atoms with van der Waals surface area (Å²) in [6.45, 7) is 0. The van der Waals surface area contributed by atoms with E-state index in [2.05, 4.69) is 0 Å². The van der Waals surface area contributed by atoms with Gasteiger partial charge in [0.05, 0.1) is 0 Å². The van der Waals surface area contributed by atoms with Crippen molar-refractivity contribution in [2.75, 3.05) is 0 Å². The monoisotopic (exact) mass is 260 g/mol. The molecule has 11 heavy (non-hydrogen) atoms. The fourth-order valence-corrected chi connectivity index (χ4v) is 0.552. The van der Waals surface area contributed by atoms with Crippen molar-refractivity contribution in [3.05, 3.63) is 0 Å². The van der Waals surface area contributed by atoms with Gasteiger partial charge in [0.25, 0.3) is 0 Å². The first-order valence-electron chi connectivity index (χ1n) is 3.06. The van der Waals surface area contributed by atoms with E-state index >= 15 is 0 Å². The zero-order chi connectivity index (χ0) is 7.98. The van der Waals surface area contributed by atoms with Crippen molar-refractivity contribution < 1.29 is 47.1 Å². The van der Waals surface area contributed by atoms with Gasteiger partial charge in [0, 0.05) is 40.1 Å². The van der Waals surface area contributed by atoms with Crippen LogP contribution in [0.5, 0.6) is 0 Å². The number of carboxylic acids is 2. The Balaban J connectivity index is 0. The van der Waals surface area contributed by atoms with Crippen molar-refractivity contribution in [2.45, 2.75) is 25.7 Å². The van der Waals surface area contributed by atoms with Crippen molar-refractivity contribution in [3.8, 4) is 0 Å². The smallest absolute Gasteiger partial charge is 0.303 e. The molecule has 0 fully saturated rings. The van der Waals surface area contributed by atoms with E-state index in [4.69, 9.17) is 10.2 Å². The van der Waals surface area contributed by atoms with Gasteiger partial charge in [-0.25, -0.2) is 0 Å². The van der Waals surface area contributed by atoms with Gasteiger partial charge in [0.2, 0.25) is 0 Å². The molecule has 0 rings (SSSR count). The normalized spacial score (nSPS) is 8.36. The standard InChI is InChI=1S/C6H10O4.Cd/c7-5(8)3-1-2-4-6(9)10;/h1-4H2,(H,7,8)(H,9,10);. The van der Waals surface area contributed by atoms with E-state index in [9.17, 15) is 9.59 Å². The molecule has 0 amide bonds. The SMILES string of the molecule is O=C(O)CCCCC(=O)O.[Cd]. The molecule has 0 unspecified atom stereocenters. The Labute approximate surface area is 84.8 Å². The molecule has 60 valence electrons. The number of aliphatic carboxylic acids is 2. The molecule has 0 aromatic rings. The number of unbranched alkanes of at least 4 members (excludes halogenated alkanes) is 1. The summed E-state index contributed by atoms with van der Waals surface area (Å²) in [6, 6.07) is 0. The first-order chi connectivity index (χ1) is 4.63. The Morgan fingerprint density at radius 2 is 1.18 bits per heavy atom. The van der Waals surface area contributed by atoms with Gasteiger partial charge in [-0.3, -0.25) is 9.59 Å². The summed E-state index contributed by atoms with van der Waals surface area (Å²) < 4.78 is 0. The number of carbonyl (C=O) groups is 2. The third-order valence-corrected chi connectivity index (χ3v) is 1.03. The Morgan fingerprint density at radius 1 is 0.909 bits per heavy atom. The average molecular weight is 259 g/mol. The zero-order valence-electron chi connectivity index (χ0n) is 6.25. The molecule has 0 bridgehead atoms. The maximum atomic E-state index is 9.90. The Morgan fingerprint density at radius 3 is 1.36 bits per heavy atom. The molecule has 0 spiro atoms. The third-order valence-electron chi connectivity index (χ3n) is 1.03. The third kappa shape index (κ3) is 12.9. The average Bonchev–Trinajstić information content (AvgIpc) is 1.79. The van der Waals surface area contributed by atoms with E-state index in [1.54, 1.807) is 0 Å². The quantitative estimate of drug-likeness (QED) is 0.563. The van der Waals surface area contributed by atoms with Gasteiger partial charge in [-0.15, -0.1) is 0 Å². The molecule has 0 aromatic carbocycles. The minimum absolute atomic E-state index is 0. The van der Waals surface area contributed by atoms with E-state index in [-0.39, 0.29) is 40.1 Å². The second kappa shape index (κ2) is 7.96. The first kappa shape index (κ1) is 13.5. The molecule has 5 heteroatoms. The topological polar surface area (TPSA) is 74.6 Å². The minimum atomic E-state index is -0.870. The molecule has 0 radical (unpaired) electrons. The second-order valence-electron chi connectivity index (χ2n) is 1.99. The summed E-state index contributed by atoms with van der Waals surface area (Å²) in [5.74, 6) is -1.74. The molecule has 0 atom stereocenters. The molecular weight excluding hydrogens is 248 g/mol. The van der Waals surface area contributed by atoms with Crippen LogP contribution in [0.4, 0.5) is 0 Å². The van der Waals surface area contributed by atoms with Crippen molar-refractivity contribution in [1.82, 2.24) is 0 Å². The minimum Gasteiger partial charge on any atom is -0.481 e. The van der Waals surface area contributed by atoms with Gasteiger partial charge in [-0.1, -0.05) is 0 Å². The van der Waals surface area contributed by atoms with Crippen LogP contribution in [-0.4, -0.2) is 22.2 Å². The Kier molecular flexibility index (Phi) is 9.74. The second-order valence-corrected chi connectivity index (χ2v) is 1.99. The largest absolute Gasteiger partial charge is 0.481 e. The molecular formula is C6H10CdO4. The van der Waals surface area contributed by atoms with E-state index in [0.717, 1.165) is 0 Å². The van der Waals surface area contributed by atoms with Crippen LogP contribution in [-0.2, 0) is 36.9 Å². The molecule has 0 aliphatic heterocycles. The molecule has 2 N–H and O–H groups in total. The van der Waals surface area contributed by atoms with Crippen LogP contribution in [0.25, 0.3) is 0 Å². The van der Waals surface area contributed by atoms with Crippen LogP contribution in [0, 0.1) is 0 Å². The van der Waals surface area contributed by atoms with E-state index in [1.165, 1.54) is 0 Å². The van der Waals surface area contributed by atoms with Crippen LogP contribution < -0.4 is 0 Å². The summed E-state index contributed by atoms with van der Waals surface area (Å²) in [7, 11) is 0. The van der Waals surface area contributed by atoms with Crippen molar-refractivity contribution >= 4 is 11.9 Å². The Hall–Kier alpha value is -0.138. The van der Waals surface area contributed by atoms with Gasteiger partial charge in [-0.2, -0.15) is 0 Å². The van der Waals surface area contributed by atoms with Crippen molar-refractivity contribution in [3.63, 3.8) is 0 Å². The molecule has 0 aromatic heterocycles. The zero-order valence-corrected chi connectivity index (χ0v) is 10.3. The van der Waals surface area contributed by atoms with Crippen molar-refractivity contribution in [2.24, 2.45) is 0 Å². The molecule has 0 aliphatic carbocycles. The maximum Gasteiger partial charge on any atom is 0.303 e. The van der Waals surface area contributed by atoms with Gasteiger partial charge in [-0.05, 0) is 12.8 Å². The van der Waals surface area contributed by atoms with E-state index in [0.29, 0.717) is 12.8 Å². The van der Waals surface area contributed by atoms with E-state index < -0.39 is 11.9 Å². The first-order valence-corrected chi connectivity index (χ1v) is 3.06. The van der Waals surface area contributed by atoms with Crippen molar-refractivity contribution in [1.29, 1.82) is 0 Å². The van der Waals surface area contributed by atoms with Crippen LogP contribution in [0.3, 0.4) is 0 Å². The maximum absolute atomic E-state index is 9.90. The molecule has 0 heterocycles. The summed E-state index contributed by atoms with van der Waals surface area (Å²) in [4.78, 5) is 19.8. The Bertz CT molecular complexity index is 119. The van der Waals surface area contributed by atoms with Gasteiger partial charge in [0.15, 0.2) is 0 Å². The van der Waals surface area contributed by atoms with Crippen LogP contribution in [0.1, 0.15) is 25.7 Å². The van der Waals surface area contributed by atoms with Gasteiger partial charge < -0.3 is 10.2 Å². The van der Waals surface area contributed by atoms with Crippen LogP contribution >= 0.6 is 0 Å². The van der Waals surface area contributed by atoms with Crippen LogP contribution in [0.2, 0.25) is 0 Å². The number of rotatable bonds is 5. The molecule has 0 saturated heterocycles. The number of carboxylic acid groups (broad SMARTS) is 2. The van der Waals surface area contributed by atoms with Gasteiger partial charge in [0.1, 0.15) is 0 Å². The summed E-state index contributed by atoms with van der Waals surface area (Å²) in [6.07, 6.45) is 1.02. The fraction of sp³-hybridized carbons (Fsp3) is 0.667. The summed E-state index contributed by atoms with van der Waals surface area (Å²) in [5, 5.41) is 16.3. The molecule has 0 saturated carbocycles. The summed E-state index contributed by atoms with van der Waals surface area (Å²) in [5.41, 5.74) is 0. The van der Waals surface area contributed by atoms with Crippen LogP contribution in [0.15, 0.2) is 0 Å². The predicted octanol–water partition coefficient (Wildman–Crippen LogP) is 0.714. The fourth-order valence-electron chi connectivity index (χ4n) is 0.552. The summed E-state index contributed by atoms with van der Waals surface area (Å²) >= 11 is 0. The number of hydrogen-bond donors (Lipinski definition) is 2.